The Balaban J connectivity index is 0.000000861. The van der Waals surface area contributed by atoms with E-state index in [4.69, 9.17) is 5.11 Å². The van der Waals surface area contributed by atoms with E-state index in [9.17, 15) is 9.59 Å². The number of likely N-dealkylation sites (tertiary alicyclic amines) is 1. The maximum absolute atomic E-state index is 12.1. The monoisotopic (exact) mass is 263 g/mol. The average Bonchev–Trinajstić information content (AvgIpc) is 2.90. The minimum Gasteiger partial charge on any atom is -0.480 e. The van der Waals surface area contributed by atoms with Gasteiger partial charge in [-0.2, -0.15) is 0 Å². The molecule has 1 atom stereocenters. The molecule has 0 aliphatic carbocycles. The predicted molar refractivity (Wildman–Crippen MR) is 74.2 cm³/mol. The van der Waals surface area contributed by atoms with Gasteiger partial charge in [-0.1, -0.05) is 31.5 Å². The normalized spacial score (nSPS) is 17.6. The molecule has 1 N–H and O–H groups in total. The molecule has 1 unspecified atom stereocenters. The number of benzene rings is 1. The Bertz CT molecular complexity index is 439. The van der Waals surface area contributed by atoms with Crippen LogP contribution in [0.1, 0.15) is 42.6 Å². The molecule has 1 fully saturated rings. The van der Waals surface area contributed by atoms with Crippen molar-refractivity contribution in [3.63, 3.8) is 0 Å². The second-order valence-corrected chi connectivity index (χ2v) is 4.36. The molecular formula is C15H21NO3. The molecule has 19 heavy (non-hydrogen) atoms. The van der Waals surface area contributed by atoms with Crippen LogP contribution in [0, 0.1) is 6.92 Å². The molecule has 1 aromatic rings. The predicted octanol–water partition coefficient (Wildman–Crippen LogP) is 2.71. The fourth-order valence-electron chi connectivity index (χ4n) is 2.13. The molecule has 1 amide bonds. The van der Waals surface area contributed by atoms with Crippen LogP contribution in [0.4, 0.5) is 0 Å². The van der Waals surface area contributed by atoms with Gasteiger partial charge in [-0.25, -0.2) is 4.79 Å². The second kappa shape index (κ2) is 6.92. The highest BCUT2D eigenvalue weighted by atomic mass is 16.4. The number of carbonyl (C=O) groups excluding carboxylic acids is 1. The van der Waals surface area contributed by atoms with Crippen molar-refractivity contribution < 1.29 is 14.7 Å². The zero-order chi connectivity index (χ0) is 14.4. The summed E-state index contributed by atoms with van der Waals surface area (Å²) < 4.78 is 0. The third-order valence-electron chi connectivity index (χ3n) is 3.10. The molecule has 1 aliphatic rings. The number of amides is 1. The van der Waals surface area contributed by atoms with Gasteiger partial charge < -0.3 is 10.0 Å². The van der Waals surface area contributed by atoms with Crippen LogP contribution < -0.4 is 0 Å². The number of aliphatic carboxylic acids is 1. The number of aryl methyl sites for hydroxylation is 1. The summed E-state index contributed by atoms with van der Waals surface area (Å²) >= 11 is 0. The molecule has 4 heteroatoms. The van der Waals surface area contributed by atoms with Gasteiger partial charge in [0.15, 0.2) is 0 Å². The number of rotatable bonds is 2. The van der Waals surface area contributed by atoms with Crippen molar-refractivity contribution in [3.05, 3.63) is 35.4 Å². The van der Waals surface area contributed by atoms with E-state index in [0.717, 1.165) is 12.0 Å². The van der Waals surface area contributed by atoms with Gasteiger partial charge in [0.05, 0.1) is 0 Å². The van der Waals surface area contributed by atoms with E-state index in [0.29, 0.717) is 18.5 Å². The number of hydrogen-bond acceptors (Lipinski definition) is 2. The zero-order valence-electron chi connectivity index (χ0n) is 11.7. The molecule has 1 aliphatic heterocycles. The summed E-state index contributed by atoms with van der Waals surface area (Å²) in [5.74, 6) is -1.10. The molecule has 0 aromatic heterocycles. The first-order valence-electron chi connectivity index (χ1n) is 6.70. The molecule has 0 radical (unpaired) electrons. The number of carboxylic acid groups (broad SMARTS) is 1. The maximum Gasteiger partial charge on any atom is 0.326 e. The van der Waals surface area contributed by atoms with E-state index in [2.05, 4.69) is 0 Å². The SMILES string of the molecule is CC.Cc1ccc(C(=O)N2CCCC2C(=O)O)cc1. The lowest BCUT2D eigenvalue weighted by Crippen LogP contribution is -2.40. The topological polar surface area (TPSA) is 57.6 Å². The Morgan fingerprint density at radius 1 is 1.21 bits per heavy atom. The van der Waals surface area contributed by atoms with Crippen molar-refractivity contribution in [2.24, 2.45) is 0 Å². The second-order valence-electron chi connectivity index (χ2n) is 4.36. The van der Waals surface area contributed by atoms with E-state index >= 15 is 0 Å². The van der Waals surface area contributed by atoms with Gasteiger partial charge >= 0.3 is 5.97 Å². The first kappa shape index (κ1) is 15.2. The molecule has 2 rings (SSSR count). The van der Waals surface area contributed by atoms with Crippen molar-refractivity contribution in [1.82, 2.24) is 4.90 Å². The summed E-state index contributed by atoms with van der Waals surface area (Å²) in [7, 11) is 0. The van der Waals surface area contributed by atoms with Crippen LogP contribution in [0.25, 0.3) is 0 Å². The first-order chi connectivity index (χ1) is 9.09. The highest BCUT2D eigenvalue weighted by Crippen LogP contribution is 2.20. The Morgan fingerprint density at radius 2 is 1.79 bits per heavy atom. The molecule has 0 spiro atoms. The van der Waals surface area contributed by atoms with Crippen molar-refractivity contribution in [1.29, 1.82) is 0 Å². The molecule has 0 saturated carbocycles. The van der Waals surface area contributed by atoms with Gasteiger partial charge in [0.1, 0.15) is 6.04 Å². The summed E-state index contributed by atoms with van der Waals surface area (Å²) in [5.41, 5.74) is 1.64. The number of carboxylic acids is 1. The van der Waals surface area contributed by atoms with Gasteiger partial charge in [0, 0.05) is 12.1 Å². The van der Waals surface area contributed by atoms with Gasteiger partial charge in [-0.05, 0) is 31.9 Å². The quantitative estimate of drug-likeness (QED) is 0.892. The van der Waals surface area contributed by atoms with Crippen LogP contribution in [0.5, 0.6) is 0 Å². The molecule has 4 nitrogen and oxygen atoms in total. The van der Waals surface area contributed by atoms with Gasteiger partial charge in [-0.15, -0.1) is 0 Å². The fourth-order valence-corrected chi connectivity index (χ4v) is 2.13. The zero-order valence-corrected chi connectivity index (χ0v) is 11.7. The van der Waals surface area contributed by atoms with E-state index in [1.54, 1.807) is 12.1 Å². The van der Waals surface area contributed by atoms with Gasteiger partial charge in [-0.3, -0.25) is 4.79 Å². The number of carbonyl (C=O) groups is 2. The maximum atomic E-state index is 12.1. The van der Waals surface area contributed by atoms with Crippen molar-refractivity contribution >= 4 is 11.9 Å². The van der Waals surface area contributed by atoms with Crippen LogP contribution in [0.3, 0.4) is 0 Å². The largest absolute Gasteiger partial charge is 0.480 e. The summed E-state index contributed by atoms with van der Waals surface area (Å²) in [4.78, 5) is 24.6. The van der Waals surface area contributed by atoms with Crippen molar-refractivity contribution in [2.75, 3.05) is 6.54 Å². The van der Waals surface area contributed by atoms with Crippen LogP contribution in [-0.2, 0) is 4.79 Å². The minimum absolute atomic E-state index is 0.185. The van der Waals surface area contributed by atoms with Gasteiger partial charge in [0.2, 0.25) is 0 Å². The molecular weight excluding hydrogens is 242 g/mol. The fraction of sp³-hybridized carbons (Fsp3) is 0.467. The standard InChI is InChI=1S/C13H15NO3.C2H6/c1-9-4-6-10(7-5-9)12(15)14-8-2-3-11(14)13(16)17;1-2/h4-7,11H,2-3,8H2,1H3,(H,16,17);1-2H3. The smallest absolute Gasteiger partial charge is 0.326 e. The summed E-state index contributed by atoms with van der Waals surface area (Å²) in [6.07, 6.45) is 1.31. The molecule has 104 valence electrons. The first-order valence-corrected chi connectivity index (χ1v) is 6.70. The highest BCUT2D eigenvalue weighted by Gasteiger charge is 2.34. The Kier molecular flexibility index (Phi) is 5.55. The molecule has 1 saturated heterocycles. The molecule has 1 aromatic carbocycles. The van der Waals surface area contributed by atoms with E-state index in [1.165, 1.54) is 4.90 Å². The van der Waals surface area contributed by atoms with Crippen LogP contribution in [-0.4, -0.2) is 34.5 Å². The molecule has 0 bridgehead atoms. The van der Waals surface area contributed by atoms with Crippen LogP contribution in [0.15, 0.2) is 24.3 Å². The van der Waals surface area contributed by atoms with Crippen LogP contribution >= 0.6 is 0 Å². The van der Waals surface area contributed by atoms with Crippen molar-refractivity contribution in [3.8, 4) is 0 Å². The summed E-state index contributed by atoms with van der Waals surface area (Å²) in [6, 6.07) is 6.55. The Labute approximate surface area is 114 Å². The summed E-state index contributed by atoms with van der Waals surface area (Å²) in [5, 5.41) is 9.03. The minimum atomic E-state index is -0.914. The number of hydrogen-bond donors (Lipinski definition) is 1. The summed E-state index contributed by atoms with van der Waals surface area (Å²) in [6.45, 7) is 6.48. The lowest BCUT2D eigenvalue weighted by molar-refractivity contribution is -0.141. The number of nitrogens with zero attached hydrogens (tertiary/aromatic N) is 1. The third kappa shape index (κ3) is 3.56. The highest BCUT2D eigenvalue weighted by molar-refractivity contribution is 5.96. The van der Waals surface area contributed by atoms with E-state index < -0.39 is 12.0 Å². The van der Waals surface area contributed by atoms with E-state index in [1.807, 2.05) is 32.9 Å². The van der Waals surface area contributed by atoms with Crippen molar-refractivity contribution in [2.45, 2.75) is 39.7 Å². The van der Waals surface area contributed by atoms with Gasteiger partial charge in [0.25, 0.3) is 5.91 Å². The van der Waals surface area contributed by atoms with E-state index in [-0.39, 0.29) is 5.91 Å². The average molecular weight is 263 g/mol. The lowest BCUT2D eigenvalue weighted by atomic mass is 10.1. The molecule has 1 heterocycles. The Morgan fingerprint density at radius 3 is 2.32 bits per heavy atom. The third-order valence-corrected chi connectivity index (χ3v) is 3.10. The lowest BCUT2D eigenvalue weighted by Gasteiger charge is -2.21. The Hall–Kier alpha value is -1.84. The van der Waals surface area contributed by atoms with Crippen LogP contribution in [0.2, 0.25) is 0 Å².